The largest absolute Gasteiger partial charge is 0.482 e. The summed E-state index contributed by atoms with van der Waals surface area (Å²) in [6, 6.07) is 8.34. The summed E-state index contributed by atoms with van der Waals surface area (Å²) in [6.45, 7) is -0.402. The Morgan fingerprint density at radius 2 is 1.88 bits per heavy atom. The van der Waals surface area contributed by atoms with Gasteiger partial charge < -0.3 is 15.4 Å². The number of hydrogen-bond acceptors (Lipinski definition) is 3. The third-order valence-corrected chi connectivity index (χ3v) is 3.60. The van der Waals surface area contributed by atoms with Gasteiger partial charge in [-0.25, -0.2) is 8.78 Å². The zero-order valence-electron chi connectivity index (χ0n) is 13.2. The summed E-state index contributed by atoms with van der Waals surface area (Å²) < 4.78 is 31.7. The van der Waals surface area contributed by atoms with Crippen molar-refractivity contribution in [3.63, 3.8) is 0 Å². The van der Waals surface area contributed by atoms with Crippen molar-refractivity contribution in [2.45, 2.75) is 6.04 Å². The molecule has 0 saturated carbocycles. The second-order valence-corrected chi connectivity index (χ2v) is 5.41. The van der Waals surface area contributed by atoms with Gasteiger partial charge in [0.25, 0.3) is 5.91 Å². The van der Waals surface area contributed by atoms with Crippen LogP contribution in [0.1, 0.15) is 11.6 Å². The number of nitrogens with one attached hydrogen (secondary N) is 2. The lowest BCUT2D eigenvalue weighted by molar-refractivity contribution is -0.129. The van der Waals surface area contributed by atoms with E-state index >= 15 is 0 Å². The second-order valence-electron chi connectivity index (χ2n) is 5.01. The van der Waals surface area contributed by atoms with Crippen LogP contribution in [-0.2, 0) is 9.59 Å². The number of rotatable bonds is 6. The Morgan fingerprint density at radius 1 is 1.16 bits per heavy atom. The molecule has 0 radical (unpaired) electrons. The molecule has 8 heteroatoms. The highest BCUT2D eigenvalue weighted by Crippen LogP contribution is 2.23. The Hall–Kier alpha value is -2.67. The number of amides is 2. The van der Waals surface area contributed by atoms with E-state index in [1.807, 2.05) is 0 Å². The van der Waals surface area contributed by atoms with E-state index in [9.17, 15) is 18.4 Å². The SMILES string of the molecule is CNC(=O)C(NC(=O)COc1ccccc1Cl)c1ccc(F)c(F)c1. The molecule has 0 aliphatic rings. The minimum absolute atomic E-state index is 0.101. The molecule has 0 bridgehead atoms. The molecule has 0 aliphatic carbocycles. The monoisotopic (exact) mass is 368 g/mol. The van der Waals surface area contributed by atoms with Crippen LogP contribution in [-0.4, -0.2) is 25.5 Å². The maximum atomic E-state index is 13.4. The Kier molecular flexibility index (Phi) is 6.30. The number of ether oxygens (including phenoxy) is 1. The molecule has 0 aromatic heterocycles. The molecule has 0 spiro atoms. The van der Waals surface area contributed by atoms with Gasteiger partial charge >= 0.3 is 0 Å². The Morgan fingerprint density at radius 3 is 2.52 bits per heavy atom. The van der Waals surface area contributed by atoms with Crippen molar-refractivity contribution in [1.29, 1.82) is 0 Å². The molecule has 2 aromatic rings. The highest BCUT2D eigenvalue weighted by Gasteiger charge is 2.23. The summed E-state index contributed by atoms with van der Waals surface area (Å²) >= 11 is 5.92. The number of halogens is 3. The van der Waals surface area contributed by atoms with Crippen LogP contribution in [0.2, 0.25) is 5.02 Å². The predicted octanol–water partition coefficient (Wildman–Crippen LogP) is 2.60. The quantitative estimate of drug-likeness (QED) is 0.823. The first-order chi connectivity index (χ1) is 11.9. The molecule has 5 nitrogen and oxygen atoms in total. The molecule has 2 amide bonds. The standard InChI is InChI=1S/C17H15ClF2N2O3/c1-21-17(24)16(10-6-7-12(19)13(20)8-10)22-15(23)9-25-14-5-3-2-4-11(14)18/h2-8,16H,9H2,1H3,(H,21,24)(H,22,23). The van der Waals surface area contributed by atoms with Crippen molar-refractivity contribution in [2.75, 3.05) is 13.7 Å². The highest BCUT2D eigenvalue weighted by atomic mass is 35.5. The first kappa shape index (κ1) is 18.7. The van der Waals surface area contributed by atoms with Gasteiger partial charge in [-0.1, -0.05) is 29.8 Å². The molecule has 2 N–H and O–H groups in total. The summed E-state index contributed by atoms with van der Waals surface area (Å²) in [6.07, 6.45) is 0. The predicted molar refractivity (Wildman–Crippen MR) is 88.3 cm³/mol. The first-order valence-electron chi connectivity index (χ1n) is 7.25. The molecule has 1 atom stereocenters. The summed E-state index contributed by atoms with van der Waals surface area (Å²) in [5, 5.41) is 5.10. The van der Waals surface area contributed by atoms with Crippen LogP contribution in [0.5, 0.6) is 5.75 Å². The van der Waals surface area contributed by atoms with Crippen LogP contribution in [0.15, 0.2) is 42.5 Å². The van der Waals surface area contributed by atoms with Gasteiger partial charge in [-0.3, -0.25) is 9.59 Å². The van der Waals surface area contributed by atoms with Crippen LogP contribution in [0.25, 0.3) is 0 Å². The van der Waals surface area contributed by atoms with Crippen molar-refractivity contribution in [2.24, 2.45) is 0 Å². The Bertz CT molecular complexity index is 786. The number of likely N-dealkylation sites (N-methyl/N-ethyl adjacent to an activating group) is 1. The molecular formula is C17H15ClF2N2O3. The molecule has 0 fully saturated rings. The van der Waals surface area contributed by atoms with E-state index in [1.165, 1.54) is 13.1 Å². The van der Waals surface area contributed by atoms with Crippen LogP contribution in [0.3, 0.4) is 0 Å². The van der Waals surface area contributed by atoms with E-state index in [2.05, 4.69) is 10.6 Å². The van der Waals surface area contributed by atoms with Crippen LogP contribution < -0.4 is 15.4 Å². The molecule has 25 heavy (non-hydrogen) atoms. The van der Waals surface area contributed by atoms with Gasteiger partial charge in [0.15, 0.2) is 18.2 Å². The van der Waals surface area contributed by atoms with Gasteiger partial charge in [0.1, 0.15) is 11.8 Å². The van der Waals surface area contributed by atoms with Crippen LogP contribution in [0.4, 0.5) is 8.78 Å². The third kappa shape index (κ3) is 4.90. The van der Waals surface area contributed by atoms with E-state index in [0.717, 1.165) is 12.1 Å². The van der Waals surface area contributed by atoms with Crippen molar-refractivity contribution in [1.82, 2.24) is 10.6 Å². The Balaban J connectivity index is 2.08. The smallest absolute Gasteiger partial charge is 0.258 e. The molecule has 0 saturated heterocycles. The third-order valence-electron chi connectivity index (χ3n) is 3.29. The lowest BCUT2D eigenvalue weighted by Crippen LogP contribution is -2.41. The summed E-state index contributed by atoms with van der Waals surface area (Å²) in [5.74, 6) is -3.07. The fourth-order valence-electron chi connectivity index (χ4n) is 2.04. The Labute approximate surface area is 147 Å². The van der Waals surface area contributed by atoms with Gasteiger partial charge in [0, 0.05) is 7.05 Å². The van der Waals surface area contributed by atoms with Gasteiger partial charge in [0.2, 0.25) is 5.91 Å². The lowest BCUT2D eigenvalue weighted by atomic mass is 10.1. The zero-order chi connectivity index (χ0) is 18.4. The van der Waals surface area contributed by atoms with Gasteiger partial charge in [-0.2, -0.15) is 0 Å². The van der Waals surface area contributed by atoms with E-state index in [-0.39, 0.29) is 5.56 Å². The van der Waals surface area contributed by atoms with Gasteiger partial charge in [0.05, 0.1) is 5.02 Å². The molecule has 2 rings (SSSR count). The normalized spacial score (nSPS) is 11.5. The van der Waals surface area contributed by atoms with Crippen molar-refractivity contribution >= 4 is 23.4 Å². The maximum absolute atomic E-state index is 13.4. The zero-order valence-corrected chi connectivity index (χ0v) is 13.9. The van der Waals surface area contributed by atoms with Crippen LogP contribution in [0, 0.1) is 11.6 Å². The molecule has 0 heterocycles. The van der Waals surface area contributed by atoms with Crippen molar-refractivity contribution in [3.8, 4) is 5.75 Å². The minimum atomic E-state index is -1.19. The topological polar surface area (TPSA) is 67.4 Å². The molecule has 0 aliphatic heterocycles. The number of carbonyl (C=O) groups is 2. The fraction of sp³-hybridized carbons (Fsp3) is 0.176. The average Bonchev–Trinajstić information content (AvgIpc) is 2.61. The van der Waals surface area contributed by atoms with Gasteiger partial charge in [-0.15, -0.1) is 0 Å². The van der Waals surface area contributed by atoms with E-state index in [0.29, 0.717) is 10.8 Å². The van der Waals surface area contributed by atoms with E-state index in [4.69, 9.17) is 16.3 Å². The fourth-order valence-corrected chi connectivity index (χ4v) is 2.23. The molecule has 2 aromatic carbocycles. The van der Waals surface area contributed by atoms with E-state index < -0.39 is 36.1 Å². The lowest BCUT2D eigenvalue weighted by Gasteiger charge is -2.18. The average molecular weight is 369 g/mol. The highest BCUT2D eigenvalue weighted by molar-refractivity contribution is 6.32. The molecule has 132 valence electrons. The first-order valence-corrected chi connectivity index (χ1v) is 7.63. The molecule has 1 unspecified atom stereocenters. The summed E-state index contributed by atoms with van der Waals surface area (Å²) in [7, 11) is 1.36. The number of benzene rings is 2. The van der Waals surface area contributed by atoms with Gasteiger partial charge in [-0.05, 0) is 29.8 Å². The maximum Gasteiger partial charge on any atom is 0.258 e. The van der Waals surface area contributed by atoms with E-state index in [1.54, 1.807) is 24.3 Å². The van der Waals surface area contributed by atoms with Crippen molar-refractivity contribution in [3.05, 3.63) is 64.7 Å². The van der Waals surface area contributed by atoms with Crippen LogP contribution >= 0.6 is 11.6 Å². The number of carbonyl (C=O) groups excluding carboxylic acids is 2. The minimum Gasteiger partial charge on any atom is -0.482 e. The second kappa shape index (κ2) is 8.43. The number of hydrogen-bond donors (Lipinski definition) is 2. The summed E-state index contributed by atoms with van der Waals surface area (Å²) in [5.41, 5.74) is 0.101. The van der Waals surface area contributed by atoms with Crippen molar-refractivity contribution < 1.29 is 23.1 Å². The molecular weight excluding hydrogens is 354 g/mol. The summed E-state index contributed by atoms with van der Waals surface area (Å²) in [4.78, 5) is 24.0. The number of para-hydroxylation sites is 1.